The number of hydrazine groups is 2. The van der Waals surface area contributed by atoms with E-state index in [9.17, 15) is 0 Å². The fourth-order valence-corrected chi connectivity index (χ4v) is 3.27. The van der Waals surface area contributed by atoms with Crippen molar-refractivity contribution in [2.24, 2.45) is 18.7 Å². The summed E-state index contributed by atoms with van der Waals surface area (Å²) < 4.78 is 8.06. The molecule has 0 radical (unpaired) electrons. The highest BCUT2D eigenvalue weighted by atomic mass is 16.5. The summed E-state index contributed by atoms with van der Waals surface area (Å²) in [5.74, 6) is 11.3. The third-order valence-electron chi connectivity index (χ3n) is 5.03. The number of rotatable bonds is 7. The van der Waals surface area contributed by atoms with Crippen molar-refractivity contribution in [2.75, 3.05) is 12.1 Å². The van der Waals surface area contributed by atoms with E-state index in [1.807, 2.05) is 37.0 Å². The average Bonchev–Trinajstić information content (AvgIpc) is 3.10. The van der Waals surface area contributed by atoms with Gasteiger partial charge in [-0.2, -0.15) is 5.10 Å². The van der Waals surface area contributed by atoms with Crippen LogP contribution >= 0.6 is 0 Å². The van der Waals surface area contributed by atoms with E-state index >= 15 is 0 Å². The second-order valence-corrected chi connectivity index (χ2v) is 7.23. The van der Waals surface area contributed by atoms with E-state index in [4.69, 9.17) is 15.4 Å². The predicted octanol–water partition coefficient (Wildman–Crippen LogP) is 2.76. The minimum atomic E-state index is 0.403. The smallest absolute Gasteiger partial charge is 0.221 e. The number of carbonyl (C=O) groups excluding carboxylic acids is 1. The van der Waals surface area contributed by atoms with E-state index < -0.39 is 0 Å². The van der Waals surface area contributed by atoms with E-state index in [2.05, 4.69) is 56.0 Å². The number of nitrogens with one attached hydrogen (secondary N) is 1. The molecule has 0 bridgehead atoms. The second-order valence-electron chi connectivity index (χ2n) is 7.23. The number of anilines is 1. The molecule has 8 nitrogen and oxygen atoms in total. The van der Waals surface area contributed by atoms with Crippen molar-refractivity contribution in [3.8, 4) is 17.0 Å². The lowest BCUT2D eigenvalue weighted by molar-refractivity contribution is -0.109. The molecule has 0 atom stereocenters. The summed E-state index contributed by atoms with van der Waals surface area (Å²) in [6, 6.07) is 14.5. The number of aryl methyl sites for hydroxylation is 4. The van der Waals surface area contributed by atoms with Crippen LogP contribution in [0, 0.1) is 13.8 Å². The Bertz CT molecular complexity index is 994. The van der Waals surface area contributed by atoms with Gasteiger partial charge in [-0.1, -0.05) is 19.1 Å². The molecule has 2 aromatic carbocycles. The van der Waals surface area contributed by atoms with Gasteiger partial charge in [0.25, 0.3) is 0 Å². The van der Waals surface area contributed by atoms with Crippen molar-refractivity contribution in [2.45, 2.75) is 33.8 Å². The molecule has 0 saturated heterocycles. The molecule has 0 aliphatic heterocycles. The van der Waals surface area contributed by atoms with Crippen LogP contribution in [0.2, 0.25) is 0 Å². The van der Waals surface area contributed by atoms with Gasteiger partial charge in [0.15, 0.2) is 0 Å². The van der Waals surface area contributed by atoms with E-state index in [0.29, 0.717) is 13.0 Å². The molecule has 1 amide bonds. The number of amides is 1. The Morgan fingerprint density at radius 2 is 1.94 bits per heavy atom. The Labute approximate surface area is 183 Å². The van der Waals surface area contributed by atoms with Crippen LogP contribution in [0.4, 0.5) is 5.69 Å². The van der Waals surface area contributed by atoms with Gasteiger partial charge in [-0.3, -0.25) is 14.9 Å². The fraction of sp³-hybridized carbons (Fsp3) is 0.304. The first kappa shape index (κ1) is 23.9. The summed E-state index contributed by atoms with van der Waals surface area (Å²) in [5.41, 5.74) is 9.43. The van der Waals surface area contributed by atoms with E-state index in [1.165, 1.54) is 5.56 Å². The van der Waals surface area contributed by atoms with Crippen LogP contribution in [-0.4, -0.2) is 23.2 Å². The number of ether oxygens (including phenoxy) is 1. The van der Waals surface area contributed by atoms with Crippen LogP contribution in [0.3, 0.4) is 0 Å². The molecule has 0 fully saturated rings. The zero-order chi connectivity index (χ0) is 23.0. The van der Waals surface area contributed by atoms with Crippen LogP contribution in [0.25, 0.3) is 11.3 Å². The van der Waals surface area contributed by atoms with Crippen LogP contribution < -0.4 is 26.9 Å². The predicted molar refractivity (Wildman–Crippen MR) is 124 cm³/mol. The SMILES string of the molecule is CCc1cccc(N(C)N)c1COc1ccc(-c2cc(C)n(C)n2)cc1C.NNC=O. The number of hydrogen-bond donors (Lipinski definition) is 3. The number of benzene rings is 2. The zero-order valence-electron chi connectivity index (χ0n) is 18.8. The molecule has 0 aliphatic carbocycles. The van der Waals surface area contributed by atoms with E-state index in [0.717, 1.165) is 45.9 Å². The molecule has 3 rings (SSSR count). The van der Waals surface area contributed by atoms with Crippen molar-refractivity contribution in [3.05, 3.63) is 64.8 Å². The molecule has 1 heterocycles. The maximum Gasteiger partial charge on any atom is 0.221 e. The molecular weight excluding hydrogens is 392 g/mol. The molecule has 1 aromatic heterocycles. The first-order valence-corrected chi connectivity index (χ1v) is 10.1. The van der Waals surface area contributed by atoms with E-state index in [1.54, 1.807) is 10.4 Å². The van der Waals surface area contributed by atoms with Gasteiger partial charge in [0.05, 0.1) is 11.4 Å². The summed E-state index contributed by atoms with van der Waals surface area (Å²) >= 11 is 0. The summed E-state index contributed by atoms with van der Waals surface area (Å²) in [6.07, 6.45) is 1.34. The van der Waals surface area contributed by atoms with Crippen molar-refractivity contribution in [1.29, 1.82) is 0 Å². The highest BCUT2D eigenvalue weighted by Crippen LogP contribution is 2.28. The van der Waals surface area contributed by atoms with Crippen LogP contribution in [0.15, 0.2) is 42.5 Å². The van der Waals surface area contributed by atoms with Gasteiger partial charge in [0.1, 0.15) is 12.4 Å². The van der Waals surface area contributed by atoms with Gasteiger partial charge in [-0.25, -0.2) is 11.7 Å². The number of aromatic nitrogens is 2. The summed E-state index contributed by atoms with van der Waals surface area (Å²) in [5, 5.41) is 6.20. The minimum absolute atomic E-state index is 0.403. The van der Waals surface area contributed by atoms with Gasteiger partial charge in [0.2, 0.25) is 6.41 Å². The lowest BCUT2D eigenvalue weighted by Crippen LogP contribution is -2.27. The third kappa shape index (κ3) is 6.07. The van der Waals surface area contributed by atoms with Crippen molar-refractivity contribution < 1.29 is 9.53 Å². The lowest BCUT2D eigenvalue weighted by Gasteiger charge is -2.20. The largest absolute Gasteiger partial charge is 0.489 e. The Morgan fingerprint density at radius 3 is 2.45 bits per heavy atom. The van der Waals surface area contributed by atoms with Crippen molar-refractivity contribution in [1.82, 2.24) is 15.2 Å². The van der Waals surface area contributed by atoms with Gasteiger partial charge in [-0.05, 0) is 61.7 Å². The van der Waals surface area contributed by atoms with Gasteiger partial charge >= 0.3 is 0 Å². The standard InChI is InChI=1S/C22H28N4O.CH4N2O/c1-6-17-8-7-9-21(25(4)23)19(17)14-27-22-11-10-18(12-15(22)2)20-13-16(3)26(5)24-20;2-3-1-4/h7-13H,6,14,23H2,1-5H3;1H,2H2,(H,3,4). The van der Waals surface area contributed by atoms with Crippen molar-refractivity contribution >= 4 is 12.1 Å². The summed E-state index contributed by atoms with van der Waals surface area (Å²) in [7, 11) is 3.81. The number of nitrogens with two attached hydrogens (primary N) is 2. The monoisotopic (exact) mass is 424 g/mol. The molecule has 3 aromatic rings. The third-order valence-corrected chi connectivity index (χ3v) is 5.03. The Hall–Kier alpha value is -3.36. The van der Waals surface area contributed by atoms with Gasteiger partial charge in [0, 0.05) is 30.9 Å². The quantitative estimate of drug-likeness (QED) is 0.233. The normalized spacial score (nSPS) is 10.2. The van der Waals surface area contributed by atoms with Crippen LogP contribution in [0.1, 0.15) is 29.3 Å². The first-order chi connectivity index (χ1) is 14.8. The molecular formula is C23H32N6O2. The number of carbonyl (C=O) groups is 1. The highest BCUT2D eigenvalue weighted by Gasteiger charge is 2.12. The topological polar surface area (TPSA) is 111 Å². The summed E-state index contributed by atoms with van der Waals surface area (Å²) in [6.45, 7) is 6.76. The summed E-state index contributed by atoms with van der Waals surface area (Å²) in [4.78, 5) is 8.94. The molecule has 31 heavy (non-hydrogen) atoms. The molecule has 0 saturated carbocycles. The Balaban J connectivity index is 0.000000785. The lowest BCUT2D eigenvalue weighted by atomic mass is 10.0. The maximum absolute atomic E-state index is 8.94. The minimum Gasteiger partial charge on any atom is -0.489 e. The number of nitrogens with zero attached hydrogens (tertiary/aromatic N) is 3. The maximum atomic E-state index is 8.94. The second kappa shape index (κ2) is 11.1. The van der Waals surface area contributed by atoms with Crippen LogP contribution in [-0.2, 0) is 24.9 Å². The van der Waals surface area contributed by atoms with Crippen molar-refractivity contribution in [3.63, 3.8) is 0 Å². The molecule has 166 valence electrons. The Morgan fingerprint density at radius 1 is 1.23 bits per heavy atom. The molecule has 0 spiro atoms. The van der Waals surface area contributed by atoms with Gasteiger partial charge < -0.3 is 9.75 Å². The Kier molecular flexibility index (Phi) is 8.60. The van der Waals surface area contributed by atoms with Crippen LogP contribution in [0.5, 0.6) is 5.75 Å². The zero-order valence-corrected chi connectivity index (χ0v) is 18.8. The fourth-order valence-electron chi connectivity index (χ4n) is 3.27. The molecule has 0 aliphatic rings. The molecule has 5 N–H and O–H groups in total. The first-order valence-electron chi connectivity index (χ1n) is 10.1. The highest BCUT2D eigenvalue weighted by molar-refractivity contribution is 5.62. The average molecular weight is 425 g/mol. The number of hydrogen-bond acceptors (Lipinski definition) is 6. The van der Waals surface area contributed by atoms with Gasteiger partial charge in [-0.15, -0.1) is 0 Å². The van der Waals surface area contributed by atoms with E-state index in [-0.39, 0.29) is 0 Å². The molecule has 8 heteroatoms. The molecule has 0 unspecified atom stereocenters.